The molecule has 6 heteroatoms. The third kappa shape index (κ3) is 4.00. The normalized spacial score (nSPS) is 14.9. The van der Waals surface area contributed by atoms with Crippen molar-refractivity contribution in [1.29, 1.82) is 0 Å². The van der Waals surface area contributed by atoms with Gasteiger partial charge in [0.15, 0.2) is 0 Å². The molecule has 0 aliphatic carbocycles. The van der Waals surface area contributed by atoms with Gasteiger partial charge in [-0.15, -0.1) is 5.10 Å². The number of benzene rings is 2. The number of fused-ring (bicyclic) bond motifs is 1. The summed E-state index contributed by atoms with van der Waals surface area (Å²) < 4.78 is 6.10. The molecule has 3 aromatic rings. The van der Waals surface area contributed by atoms with Crippen LogP contribution in [-0.2, 0) is 0 Å². The first kappa shape index (κ1) is 17.3. The molecule has 0 spiro atoms. The number of rotatable bonds is 3. The number of hydrogen-bond donors (Lipinski definition) is 1. The Morgan fingerprint density at radius 1 is 1.11 bits per heavy atom. The fourth-order valence-electron chi connectivity index (χ4n) is 3.26. The van der Waals surface area contributed by atoms with Gasteiger partial charge < -0.3 is 15.0 Å². The van der Waals surface area contributed by atoms with Crippen molar-refractivity contribution in [2.24, 2.45) is 0 Å². The molecule has 0 radical (unpaired) electrons. The summed E-state index contributed by atoms with van der Waals surface area (Å²) >= 11 is 0. The van der Waals surface area contributed by atoms with Crippen LogP contribution in [0.1, 0.15) is 18.4 Å². The minimum absolute atomic E-state index is 0.0357. The van der Waals surface area contributed by atoms with Crippen LogP contribution in [0, 0.1) is 6.92 Å². The summed E-state index contributed by atoms with van der Waals surface area (Å²) in [5.74, 6) is 0.565. The third-order valence-corrected chi connectivity index (χ3v) is 4.85. The molecule has 1 aromatic heterocycles. The van der Waals surface area contributed by atoms with Crippen molar-refractivity contribution in [3.05, 3.63) is 60.3 Å². The molecule has 2 heterocycles. The van der Waals surface area contributed by atoms with Crippen LogP contribution in [0.25, 0.3) is 10.8 Å². The van der Waals surface area contributed by atoms with Crippen LogP contribution in [0.4, 0.5) is 10.5 Å². The molecule has 2 amide bonds. The van der Waals surface area contributed by atoms with Gasteiger partial charge in [-0.1, -0.05) is 35.9 Å². The van der Waals surface area contributed by atoms with Gasteiger partial charge in [-0.05, 0) is 25.1 Å². The summed E-state index contributed by atoms with van der Waals surface area (Å²) in [5, 5.41) is 13.1. The first-order chi connectivity index (χ1) is 13.2. The molecule has 1 saturated heterocycles. The Balaban J connectivity index is 1.34. The summed E-state index contributed by atoms with van der Waals surface area (Å²) in [5.41, 5.74) is 1.98. The number of nitrogens with zero attached hydrogens (tertiary/aromatic N) is 3. The van der Waals surface area contributed by atoms with E-state index in [1.54, 1.807) is 6.20 Å². The highest BCUT2D eigenvalue weighted by atomic mass is 16.5. The molecule has 0 bridgehead atoms. The fraction of sp³-hybridized carbons (Fsp3) is 0.286. The molecular weight excluding hydrogens is 340 g/mol. The van der Waals surface area contributed by atoms with E-state index in [9.17, 15) is 4.79 Å². The van der Waals surface area contributed by atoms with Crippen molar-refractivity contribution in [1.82, 2.24) is 15.1 Å². The predicted molar refractivity (Wildman–Crippen MR) is 105 cm³/mol. The van der Waals surface area contributed by atoms with Gasteiger partial charge >= 0.3 is 6.03 Å². The molecule has 0 saturated carbocycles. The fourth-order valence-corrected chi connectivity index (χ4v) is 3.26. The topological polar surface area (TPSA) is 67.4 Å². The molecule has 0 atom stereocenters. The van der Waals surface area contributed by atoms with Gasteiger partial charge in [0, 0.05) is 42.4 Å². The van der Waals surface area contributed by atoms with Gasteiger partial charge in [0.2, 0.25) is 5.88 Å². The lowest BCUT2D eigenvalue weighted by Gasteiger charge is -2.32. The third-order valence-electron chi connectivity index (χ3n) is 4.85. The number of urea groups is 1. The number of carbonyl (C=O) groups is 1. The maximum absolute atomic E-state index is 12.4. The Morgan fingerprint density at radius 3 is 2.63 bits per heavy atom. The largest absolute Gasteiger partial charge is 0.473 e. The number of piperidine rings is 1. The van der Waals surface area contributed by atoms with Crippen molar-refractivity contribution >= 4 is 22.5 Å². The van der Waals surface area contributed by atoms with Crippen LogP contribution in [0.2, 0.25) is 0 Å². The van der Waals surface area contributed by atoms with Crippen LogP contribution in [0.5, 0.6) is 5.88 Å². The molecule has 1 aliphatic rings. The van der Waals surface area contributed by atoms with E-state index in [1.807, 2.05) is 60.4 Å². The zero-order valence-corrected chi connectivity index (χ0v) is 15.3. The second-order valence-electron chi connectivity index (χ2n) is 6.84. The first-order valence-corrected chi connectivity index (χ1v) is 9.19. The molecule has 0 unspecified atom stereocenters. The van der Waals surface area contributed by atoms with Crippen molar-refractivity contribution in [3.63, 3.8) is 0 Å². The zero-order valence-electron chi connectivity index (χ0n) is 15.3. The van der Waals surface area contributed by atoms with Gasteiger partial charge in [-0.2, -0.15) is 5.10 Å². The SMILES string of the molecule is Cc1ccc(NC(=O)N2CCC(Oc3nncc4ccccc34)CC2)cc1. The number of anilines is 1. The van der Waals surface area contributed by atoms with E-state index in [-0.39, 0.29) is 12.1 Å². The summed E-state index contributed by atoms with van der Waals surface area (Å²) in [4.78, 5) is 14.3. The Bertz CT molecular complexity index is 929. The van der Waals surface area contributed by atoms with Gasteiger partial charge in [0.25, 0.3) is 0 Å². The van der Waals surface area contributed by atoms with Crippen molar-refractivity contribution in [3.8, 4) is 5.88 Å². The highest BCUT2D eigenvalue weighted by molar-refractivity contribution is 5.89. The van der Waals surface area contributed by atoms with Crippen LogP contribution in [0.15, 0.2) is 54.7 Å². The molecule has 1 aliphatic heterocycles. The van der Waals surface area contributed by atoms with E-state index in [2.05, 4.69) is 15.5 Å². The highest BCUT2D eigenvalue weighted by Gasteiger charge is 2.24. The lowest BCUT2D eigenvalue weighted by atomic mass is 10.1. The summed E-state index contributed by atoms with van der Waals surface area (Å²) in [6.45, 7) is 3.33. The number of nitrogens with one attached hydrogen (secondary N) is 1. The Labute approximate surface area is 158 Å². The molecule has 6 nitrogen and oxygen atoms in total. The van der Waals surface area contributed by atoms with E-state index in [0.717, 1.165) is 29.3 Å². The number of likely N-dealkylation sites (tertiary alicyclic amines) is 1. The molecular formula is C21H22N4O2. The quantitative estimate of drug-likeness (QED) is 0.764. The smallest absolute Gasteiger partial charge is 0.321 e. The first-order valence-electron chi connectivity index (χ1n) is 9.19. The summed E-state index contributed by atoms with van der Waals surface area (Å²) in [6, 6.07) is 15.7. The van der Waals surface area contributed by atoms with E-state index >= 15 is 0 Å². The minimum atomic E-state index is -0.0674. The second kappa shape index (κ2) is 7.61. The molecule has 138 valence electrons. The number of aryl methyl sites for hydroxylation is 1. The van der Waals surface area contributed by atoms with Gasteiger partial charge in [0.1, 0.15) is 6.10 Å². The Hall–Kier alpha value is -3.15. The molecule has 27 heavy (non-hydrogen) atoms. The standard InChI is InChI=1S/C21H22N4O2/c1-15-6-8-17(9-7-15)23-21(26)25-12-10-18(11-13-25)27-20-19-5-3-2-4-16(19)14-22-24-20/h2-9,14,18H,10-13H2,1H3,(H,23,26). The summed E-state index contributed by atoms with van der Waals surface area (Å²) in [7, 11) is 0. The maximum atomic E-state index is 12.4. The second-order valence-corrected chi connectivity index (χ2v) is 6.84. The van der Waals surface area contributed by atoms with Crippen molar-refractivity contribution in [2.75, 3.05) is 18.4 Å². The van der Waals surface area contributed by atoms with Crippen LogP contribution >= 0.6 is 0 Å². The number of amides is 2. The Morgan fingerprint density at radius 2 is 1.85 bits per heavy atom. The van der Waals surface area contributed by atoms with E-state index < -0.39 is 0 Å². The van der Waals surface area contributed by atoms with Crippen LogP contribution < -0.4 is 10.1 Å². The summed E-state index contributed by atoms with van der Waals surface area (Å²) in [6.07, 6.45) is 3.31. The van der Waals surface area contributed by atoms with Crippen molar-refractivity contribution < 1.29 is 9.53 Å². The van der Waals surface area contributed by atoms with E-state index in [4.69, 9.17) is 4.74 Å². The number of aromatic nitrogens is 2. The monoisotopic (exact) mass is 362 g/mol. The van der Waals surface area contributed by atoms with Crippen LogP contribution in [-0.4, -0.2) is 40.3 Å². The average Bonchev–Trinajstić information content (AvgIpc) is 2.70. The zero-order chi connectivity index (χ0) is 18.6. The lowest BCUT2D eigenvalue weighted by molar-refractivity contribution is 0.112. The predicted octanol–water partition coefficient (Wildman–Crippen LogP) is 4.01. The minimum Gasteiger partial charge on any atom is -0.473 e. The average molecular weight is 362 g/mol. The maximum Gasteiger partial charge on any atom is 0.321 e. The number of hydrogen-bond acceptors (Lipinski definition) is 4. The number of ether oxygens (including phenoxy) is 1. The van der Waals surface area contributed by atoms with Gasteiger partial charge in [-0.3, -0.25) is 0 Å². The molecule has 1 N–H and O–H groups in total. The van der Waals surface area contributed by atoms with E-state index in [0.29, 0.717) is 19.0 Å². The van der Waals surface area contributed by atoms with E-state index in [1.165, 1.54) is 5.56 Å². The van der Waals surface area contributed by atoms with Crippen LogP contribution in [0.3, 0.4) is 0 Å². The van der Waals surface area contributed by atoms with Gasteiger partial charge in [-0.25, -0.2) is 4.79 Å². The lowest BCUT2D eigenvalue weighted by Crippen LogP contribution is -2.43. The molecule has 1 fully saturated rings. The van der Waals surface area contributed by atoms with Gasteiger partial charge in [0.05, 0.1) is 6.20 Å². The Kier molecular flexibility index (Phi) is 4.87. The molecule has 4 rings (SSSR count). The molecule has 2 aromatic carbocycles. The highest BCUT2D eigenvalue weighted by Crippen LogP contribution is 2.25. The number of carbonyl (C=O) groups excluding carboxylic acids is 1. The van der Waals surface area contributed by atoms with Crippen molar-refractivity contribution in [2.45, 2.75) is 25.9 Å².